The molecule has 1 saturated heterocycles. The highest BCUT2D eigenvalue weighted by Crippen LogP contribution is 2.32. The fourth-order valence-corrected chi connectivity index (χ4v) is 3.46. The average molecular weight is 395 g/mol. The van der Waals surface area contributed by atoms with Crippen molar-refractivity contribution in [3.05, 3.63) is 28.1 Å². The molecule has 1 fully saturated rings. The molecule has 0 bridgehead atoms. The first-order valence-corrected chi connectivity index (χ1v) is 12.2. The molecule has 1 aliphatic heterocycles. The number of ether oxygens (including phenoxy) is 1. The van der Waals surface area contributed by atoms with E-state index in [0.29, 0.717) is 15.6 Å². The lowest BCUT2D eigenvalue weighted by Gasteiger charge is -2.23. The van der Waals surface area contributed by atoms with Gasteiger partial charge in [0.1, 0.15) is 19.6 Å². The van der Waals surface area contributed by atoms with Crippen LogP contribution in [0.2, 0.25) is 19.6 Å². The molecule has 3 rings (SSSR count). The largest absolute Gasteiger partial charge is 0.356 e. The van der Waals surface area contributed by atoms with Crippen molar-refractivity contribution in [1.29, 1.82) is 0 Å². The van der Waals surface area contributed by atoms with Crippen molar-refractivity contribution in [2.75, 3.05) is 6.61 Å². The van der Waals surface area contributed by atoms with Gasteiger partial charge >= 0.3 is 0 Å². The zero-order valence-electron chi connectivity index (χ0n) is 13.6. The van der Waals surface area contributed by atoms with Crippen molar-refractivity contribution in [3.8, 4) is 11.5 Å². The summed E-state index contributed by atoms with van der Waals surface area (Å²) >= 11 is 3.26. The minimum atomic E-state index is -1.56. The van der Waals surface area contributed by atoms with Crippen LogP contribution in [0.15, 0.2) is 16.6 Å². The molecule has 3 nitrogen and oxygen atoms in total. The summed E-state index contributed by atoms with van der Waals surface area (Å²) in [6.07, 6.45) is 2.93. The zero-order valence-corrected chi connectivity index (χ0v) is 16.2. The van der Waals surface area contributed by atoms with Gasteiger partial charge in [0.15, 0.2) is 6.23 Å². The number of hydrogen-bond donors (Lipinski definition) is 0. The summed E-state index contributed by atoms with van der Waals surface area (Å²) in [4.78, 5) is 0. The molecule has 1 atom stereocenters. The van der Waals surface area contributed by atoms with Crippen LogP contribution in [0.5, 0.6) is 0 Å². The first-order chi connectivity index (χ1) is 10.9. The second-order valence-electron chi connectivity index (χ2n) is 6.87. The van der Waals surface area contributed by atoms with E-state index in [1.54, 1.807) is 10.7 Å². The molecule has 0 spiro atoms. The van der Waals surface area contributed by atoms with Crippen molar-refractivity contribution in [3.63, 3.8) is 0 Å². The monoisotopic (exact) mass is 394 g/mol. The predicted molar refractivity (Wildman–Crippen MR) is 96.5 cm³/mol. The highest BCUT2D eigenvalue weighted by molar-refractivity contribution is 9.10. The van der Waals surface area contributed by atoms with Gasteiger partial charge in [0, 0.05) is 6.61 Å². The lowest BCUT2D eigenvalue weighted by Crippen LogP contribution is -2.19. The lowest BCUT2D eigenvalue weighted by atomic mass is 10.1. The second kappa shape index (κ2) is 6.38. The molecule has 1 aliphatic rings. The molecule has 2 heterocycles. The van der Waals surface area contributed by atoms with Gasteiger partial charge in [-0.25, -0.2) is 9.07 Å². The van der Waals surface area contributed by atoms with Crippen molar-refractivity contribution in [2.24, 2.45) is 0 Å². The van der Waals surface area contributed by atoms with Gasteiger partial charge in [0.05, 0.1) is 15.4 Å². The van der Waals surface area contributed by atoms with Crippen LogP contribution in [0.25, 0.3) is 10.9 Å². The quantitative estimate of drug-likeness (QED) is 0.509. The molecule has 1 aromatic carbocycles. The maximum absolute atomic E-state index is 14.7. The molecule has 23 heavy (non-hydrogen) atoms. The Kier molecular flexibility index (Phi) is 4.63. The predicted octanol–water partition coefficient (Wildman–Crippen LogP) is 4.87. The van der Waals surface area contributed by atoms with E-state index in [2.05, 4.69) is 52.1 Å². The van der Waals surface area contributed by atoms with Gasteiger partial charge < -0.3 is 4.74 Å². The highest BCUT2D eigenvalue weighted by Gasteiger charge is 2.23. The molecular formula is C17H20BrFN2OSi. The van der Waals surface area contributed by atoms with Gasteiger partial charge in [-0.15, -0.1) is 5.54 Å². The van der Waals surface area contributed by atoms with E-state index in [9.17, 15) is 4.39 Å². The first-order valence-electron chi connectivity index (χ1n) is 7.88. The van der Waals surface area contributed by atoms with E-state index in [0.717, 1.165) is 31.4 Å². The molecule has 0 saturated carbocycles. The van der Waals surface area contributed by atoms with Crippen LogP contribution in [0.1, 0.15) is 31.2 Å². The van der Waals surface area contributed by atoms with Crippen LogP contribution in [0.3, 0.4) is 0 Å². The minimum Gasteiger partial charge on any atom is -0.356 e. The van der Waals surface area contributed by atoms with Gasteiger partial charge in [-0.2, -0.15) is 5.10 Å². The normalized spacial score (nSPS) is 18.7. The summed E-state index contributed by atoms with van der Waals surface area (Å²) in [6.45, 7) is 7.21. The first kappa shape index (κ1) is 16.7. The SMILES string of the molecule is C[Si](C)(C)C#Cc1nn(C2CCCCO2)c2ccc(Br)c(F)c12. The second-order valence-corrected chi connectivity index (χ2v) is 12.5. The average Bonchev–Trinajstić information content (AvgIpc) is 2.88. The molecule has 2 aromatic rings. The summed E-state index contributed by atoms with van der Waals surface area (Å²) < 4.78 is 22.7. The van der Waals surface area contributed by atoms with Crippen molar-refractivity contribution >= 4 is 34.9 Å². The van der Waals surface area contributed by atoms with Crippen LogP contribution in [0, 0.1) is 17.3 Å². The summed E-state index contributed by atoms with van der Waals surface area (Å²) in [5.41, 5.74) is 4.54. The minimum absolute atomic E-state index is 0.130. The number of fused-ring (bicyclic) bond motifs is 1. The van der Waals surface area contributed by atoms with Crippen LogP contribution in [-0.2, 0) is 4.74 Å². The topological polar surface area (TPSA) is 27.1 Å². The third-order valence-electron chi connectivity index (χ3n) is 3.75. The zero-order chi connectivity index (χ0) is 16.6. The highest BCUT2D eigenvalue weighted by atomic mass is 79.9. The third-order valence-corrected chi connectivity index (χ3v) is 5.24. The molecule has 0 aliphatic carbocycles. The number of aromatic nitrogens is 2. The molecule has 6 heteroatoms. The molecule has 0 N–H and O–H groups in total. The Morgan fingerprint density at radius 1 is 1.35 bits per heavy atom. The lowest BCUT2D eigenvalue weighted by molar-refractivity contribution is -0.0367. The van der Waals surface area contributed by atoms with Gasteiger partial charge in [0.25, 0.3) is 0 Å². The molecule has 1 unspecified atom stereocenters. The van der Waals surface area contributed by atoms with Crippen LogP contribution >= 0.6 is 15.9 Å². The Bertz CT molecular complexity index is 795. The van der Waals surface area contributed by atoms with Crippen LogP contribution in [0.4, 0.5) is 4.39 Å². The summed E-state index contributed by atoms with van der Waals surface area (Å²) in [6, 6.07) is 3.60. The molecule has 0 amide bonds. The van der Waals surface area contributed by atoms with Gasteiger partial charge in [0.2, 0.25) is 0 Å². The van der Waals surface area contributed by atoms with E-state index in [-0.39, 0.29) is 12.0 Å². The fourth-order valence-electron chi connectivity index (χ4n) is 2.64. The standard InChI is InChI=1S/C17H20BrFN2OSi/c1-23(2,3)11-9-13-16-14(8-7-12(18)17(16)19)21(20-13)15-6-4-5-10-22-15/h7-8,15H,4-6,10H2,1-3H3. The number of rotatable bonds is 1. The number of nitrogens with zero attached hydrogens (tertiary/aromatic N) is 2. The third kappa shape index (κ3) is 3.52. The van der Waals surface area contributed by atoms with Crippen molar-refractivity contribution in [1.82, 2.24) is 9.78 Å². The molecule has 0 radical (unpaired) electrons. The van der Waals surface area contributed by atoms with Crippen molar-refractivity contribution < 1.29 is 9.13 Å². The van der Waals surface area contributed by atoms with Crippen LogP contribution < -0.4 is 0 Å². The molecular weight excluding hydrogens is 375 g/mol. The summed E-state index contributed by atoms with van der Waals surface area (Å²) in [5, 5.41) is 5.08. The van der Waals surface area contributed by atoms with E-state index >= 15 is 0 Å². The Morgan fingerprint density at radius 2 is 2.13 bits per heavy atom. The Morgan fingerprint density at radius 3 is 2.78 bits per heavy atom. The Labute approximate surface area is 145 Å². The molecule has 122 valence electrons. The van der Waals surface area contributed by atoms with Gasteiger partial charge in [-0.05, 0) is 47.3 Å². The van der Waals surface area contributed by atoms with E-state index in [1.165, 1.54) is 0 Å². The number of benzene rings is 1. The van der Waals surface area contributed by atoms with Crippen LogP contribution in [-0.4, -0.2) is 24.5 Å². The number of halogens is 2. The maximum Gasteiger partial charge on any atom is 0.150 e. The van der Waals surface area contributed by atoms with Crippen molar-refractivity contribution in [2.45, 2.75) is 45.1 Å². The fraction of sp³-hybridized carbons (Fsp3) is 0.471. The van der Waals surface area contributed by atoms with E-state index < -0.39 is 8.07 Å². The smallest absolute Gasteiger partial charge is 0.150 e. The van der Waals surface area contributed by atoms with Gasteiger partial charge in [-0.3, -0.25) is 0 Å². The maximum atomic E-state index is 14.7. The molecule has 1 aromatic heterocycles. The Balaban J connectivity index is 2.18. The van der Waals surface area contributed by atoms with E-state index in [1.807, 2.05) is 6.07 Å². The Hall–Kier alpha value is -1.16. The number of hydrogen-bond acceptors (Lipinski definition) is 2. The van der Waals surface area contributed by atoms with Gasteiger partial charge in [-0.1, -0.05) is 25.6 Å². The summed E-state index contributed by atoms with van der Waals surface area (Å²) in [7, 11) is -1.56. The summed E-state index contributed by atoms with van der Waals surface area (Å²) in [5.74, 6) is 2.82. The van der Waals surface area contributed by atoms with E-state index in [4.69, 9.17) is 4.74 Å².